The number of aliphatic hydroxyl groups is 6. The van der Waals surface area contributed by atoms with Gasteiger partial charge in [-0.1, -0.05) is 0 Å². The van der Waals surface area contributed by atoms with E-state index in [4.69, 9.17) is 37.5 Å². The van der Waals surface area contributed by atoms with Crippen molar-refractivity contribution < 1.29 is 106 Å². The van der Waals surface area contributed by atoms with Crippen molar-refractivity contribution in [2.45, 2.75) is 172 Å². The van der Waals surface area contributed by atoms with Crippen molar-refractivity contribution in [1.29, 1.82) is 0 Å². The van der Waals surface area contributed by atoms with E-state index in [0.717, 1.165) is 0 Å². The summed E-state index contributed by atoms with van der Waals surface area (Å²) in [6.45, 7) is 4.72. The first kappa shape index (κ1) is 60.7. The molecule has 0 aromatic heterocycles. The molecule has 0 radical (unpaired) electrons. The summed E-state index contributed by atoms with van der Waals surface area (Å²) < 4.78 is 55.4. The molecule has 27 heteroatoms. The molecule has 4 amide bonds. The van der Waals surface area contributed by atoms with Crippen molar-refractivity contribution in [2.24, 2.45) is 0 Å². The Kier molecular flexibility index (Phi) is 27.6. The van der Waals surface area contributed by atoms with Crippen LogP contribution in [0.4, 0.5) is 9.59 Å². The van der Waals surface area contributed by atoms with Gasteiger partial charge in [-0.25, -0.2) is 14.2 Å². The van der Waals surface area contributed by atoms with Gasteiger partial charge in [-0.15, -0.1) is 0 Å². The number of phosphoric ester groups is 1. The molecular formula is C41H73N4O22P. The third kappa shape index (κ3) is 23.9. The van der Waals surface area contributed by atoms with Gasteiger partial charge in [0.1, 0.15) is 79.6 Å². The molecule has 394 valence electrons. The highest BCUT2D eigenvalue weighted by molar-refractivity contribution is 7.47. The zero-order valence-corrected chi connectivity index (χ0v) is 40.2. The van der Waals surface area contributed by atoms with Gasteiger partial charge in [-0.2, -0.15) is 0 Å². The molecule has 1 unspecified atom stereocenters. The van der Waals surface area contributed by atoms with E-state index < -0.39 is 131 Å². The number of amides is 4. The van der Waals surface area contributed by atoms with Crippen LogP contribution in [0.25, 0.3) is 0 Å². The topological polar surface area (TPSA) is 383 Å². The van der Waals surface area contributed by atoms with Crippen LogP contribution in [0.2, 0.25) is 0 Å². The van der Waals surface area contributed by atoms with E-state index in [-0.39, 0.29) is 76.4 Å². The van der Waals surface area contributed by atoms with Crippen LogP contribution in [-0.4, -0.2) is 197 Å². The first-order chi connectivity index (χ1) is 32.0. The maximum atomic E-state index is 12.7. The number of carbonyl (C=O) groups is 6. The summed E-state index contributed by atoms with van der Waals surface area (Å²) >= 11 is 0. The lowest BCUT2D eigenvalue weighted by atomic mass is 9.97. The molecule has 2 saturated heterocycles. The maximum absolute atomic E-state index is 12.7. The second-order valence-electron chi connectivity index (χ2n) is 17.3. The van der Waals surface area contributed by atoms with Gasteiger partial charge < -0.3 is 85.2 Å². The van der Waals surface area contributed by atoms with Crippen LogP contribution in [0.5, 0.6) is 0 Å². The molecular weight excluding hydrogens is 931 g/mol. The van der Waals surface area contributed by atoms with E-state index in [1.165, 1.54) is 34.6 Å². The van der Waals surface area contributed by atoms with Crippen LogP contribution in [-0.2, 0) is 61.2 Å². The zero-order valence-electron chi connectivity index (χ0n) is 39.3. The highest BCUT2D eigenvalue weighted by atomic mass is 31.2. The highest BCUT2D eigenvalue weighted by Crippen LogP contribution is 2.48. The van der Waals surface area contributed by atoms with E-state index >= 15 is 0 Å². The molecule has 0 bridgehead atoms. The average molecular weight is 1010 g/mol. The largest absolute Gasteiger partial charge is 0.473 e. The van der Waals surface area contributed by atoms with E-state index in [9.17, 15) is 68.9 Å². The van der Waals surface area contributed by atoms with Crippen molar-refractivity contribution in [3.63, 3.8) is 0 Å². The summed E-state index contributed by atoms with van der Waals surface area (Å²) in [5, 5.41) is 69.7. The number of phosphoric acid groups is 1. The first-order valence-corrected chi connectivity index (χ1v) is 24.0. The van der Waals surface area contributed by atoms with Crippen LogP contribution >= 0.6 is 7.82 Å². The van der Waals surface area contributed by atoms with Gasteiger partial charge in [0.2, 0.25) is 11.8 Å². The molecule has 0 spiro atoms. The van der Waals surface area contributed by atoms with Gasteiger partial charge in [0.25, 0.3) is 0 Å². The molecule has 2 aliphatic heterocycles. The van der Waals surface area contributed by atoms with E-state index in [0.29, 0.717) is 25.7 Å². The number of ether oxygens (including phenoxy) is 6. The Morgan fingerprint density at radius 1 is 0.618 bits per heavy atom. The highest BCUT2D eigenvalue weighted by Gasteiger charge is 2.46. The molecule has 0 aromatic carbocycles. The van der Waals surface area contributed by atoms with Gasteiger partial charge in [-0.3, -0.25) is 28.2 Å². The van der Waals surface area contributed by atoms with Gasteiger partial charge in [0.15, 0.2) is 12.6 Å². The molecule has 2 fully saturated rings. The zero-order chi connectivity index (χ0) is 51.0. The summed E-state index contributed by atoms with van der Waals surface area (Å²) in [6, 6.07) is -2.16. The van der Waals surface area contributed by atoms with Crippen molar-refractivity contribution >= 4 is 43.4 Å². The molecule has 2 heterocycles. The average Bonchev–Trinajstić information content (AvgIpc) is 3.25. The second-order valence-corrected chi connectivity index (χ2v) is 18.6. The molecule has 0 aliphatic carbocycles. The minimum Gasteiger partial charge on any atom is -0.447 e. The number of hydrogen-bond donors (Lipinski definition) is 11. The first-order valence-electron chi connectivity index (χ1n) is 22.6. The van der Waals surface area contributed by atoms with Gasteiger partial charge >= 0.3 is 20.0 Å². The summed E-state index contributed by atoms with van der Waals surface area (Å²) in [5.41, 5.74) is -1.12. The van der Waals surface area contributed by atoms with Crippen LogP contribution in [0.3, 0.4) is 0 Å². The van der Waals surface area contributed by atoms with E-state index in [2.05, 4.69) is 21.3 Å². The number of aliphatic hydroxyl groups excluding tert-OH is 6. The fraction of sp³-hybridized carbons (Fsp3) is 0.854. The fourth-order valence-corrected chi connectivity index (χ4v) is 8.01. The maximum Gasteiger partial charge on any atom is 0.473 e. The van der Waals surface area contributed by atoms with Crippen LogP contribution in [0.15, 0.2) is 0 Å². The lowest BCUT2D eigenvalue weighted by Crippen LogP contribution is -2.64. The number of unbranched alkanes of at least 4 members (excludes halogenated alkanes) is 2. The Hall–Kier alpha value is -3.47. The minimum atomic E-state index is -4.75. The third-order valence-corrected chi connectivity index (χ3v) is 11.4. The number of carbonyl (C=O) groups excluding carboxylic acids is 6. The van der Waals surface area contributed by atoms with E-state index in [1.54, 1.807) is 0 Å². The van der Waals surface area contributed by atoms with Crippen molar-refractivity contribution in [2.75, 3.05) is 52.7 Å². The predicted octanol–water partition coefficient (Wildman–Crippen LogP) is -1.30. The molecule has 2 rings (SSSR count). The lowest BCUT2D eigenvalue weighted by Gasteiger charge is -2.42. The molecule has 0 aromatic rings. The monoisotopic (exact) mass is 1000 g/mol. The molecule has 2 aliphatic rings. The van der Waals surface area contributed by atoms with Crippen LogP contribution in [0.1, 0.15) is 98.8 Å². The van der Waals surface area contributed by atoms with E-state index in [1.807, 2.05) is 0 Å². The molecule has 26 nitrogen and oxygen atoms in total. The fourth-order valence-electron chi connectivity index (χ4n) is 6.78. The Labute approximate surface area is 395 Å². The second kappa shape index (κ2) is 31.0. The standard InChI is InChI=1S/C41H73N4O22P/c1-24(48)44-31-35(54)33(52)29(20-46)64-37(31)60-18-8-6-12-26(50)14-10-16-42-39(56)62-22-28(66-68(58,59)67-41(3,4)5)23-63-40(57)43-17-11-15-27(51)13-7-9-19-61-38-32(45-25(2)49)36(55)34(53)30(21-47)65-38/h28-38,46-47,52-55H,6-23H2,1-5H3,(H,42,56)(H,43,57)(H,44,48)(H,45,49)(H,58,59)/t29-,30-,31-,32-,33+,34+,35-,36-,37-,38-/m1/s1. The quantitative estimate of drug-likeness (QED) is 0.0284. The van der Waals surface area contributed by atoms with Crippen molar-refractivity contribution in [3.8, 4) is 0 Å². The minimum absolute atomic E-state index is 0.0342. The number of nitrogens with one attached hydrogen (secondary N) is 4. The Balaban J connectivity index is 1.68. The van der Waals surface area contributed by atoms with Crippen LogP contribution in [0, 0.1) is 0 Å². The number of alkyl carbamates (subject to hydrolysis) is 2. The SMILES string of the molecule is CC(=O)N[C@H]1[C@H](OCCCCC(=O)CCCNC(=O)OCC(COC(=O)NCCCC(=O)CCCCO[C@@H]2O[C@H](CO)[C@H](O)[C@H](O)[C@H]2NC(C)=O)OP(=O)(O)OC(C)(C)C)O[C@H](CO)[C@H](O)[C@@H]1O. The Morgan fingerprint density at radius 2 is 1.00 bits per heavy atom. The normalized spacial score (nSPS) is 26.0. The summed E-state index contributed by atoms with van der Waals surface area (Å²) in [7, 11) is -4.75. The molecule has 11 atom stereocenters. The number of hydrogen-bond acceptors (Lipinski definition) is 21. The molecule has 11 N–H and O–H groups in total. The van der Waals surface area contributed by atoms with Gasteiger partial charge in [-0.05, 0) is 59.3 Å². The van der Waals surface area contributed by atoms with Crippen LogP contribution < -0.4 is 21.3 Å². The van der Waals surface area contributed by atoms with Crippen molar-refractivity contribution in [1.82, 2.24) is 21.3 Å². The van der Waals surface area contributed by atoms with Gasteiger partial charge in [0.05, 0.1) is 18.8 Å². The Bertz CT molecular complexity index is 1530. The van der Waals surface area contributed by atoms with Crippen molar-refractivity contribution in [3.05, 3.63) is 0 Å². The molecule has 68 heavy (non-hydrogen) atoms. The summed E-state index contributed by atoms with van der Waals surface area (Å²) in [5.74, 6) is -1.19. The predicted molar refractivity (Wildman–Crippen MR) is 233 cm³/mol. The lowest BCUT2D eigenvalue weighted by molar-refractivity contribution is -0.270. The van der Waals surface area contributed by atoms with Gasteiger partial charge in [0, 0.05) is 65.8 Å². The number of rotatable bonds is 31. The smallest absolute Gasteiger partial charge is 0.447 e. The third-order valence-electron chi connectivity index (χ3n) is 10.0. The number of Topliss-reactive ketones (excluding diaryl/α,β-unsaturated/α-hetero) is 2. The Morgan fingerprint density at radius 3 is 1.35 bits per heavy atom. The number of ketones is 2. The summed E-state index contributed by atoms with van der Waals surface area (Å²) in [4.78, 5) is 83.1. The summed E-state index contributed by atoms with van der Waals surface area (Å²) in [6.07, 6.45) is -10.9. The molecule has 0 saturated carbocycles.